The number of benzene rings is 2. The molecule has 0 aliphatic carbocycles. The first kappa shape index (κ1) is 14.8. The van der Waals surface area contributed by atoms with Gasteiger partial charge in [0, 0.05) is 19.3 Å². The molecule has 2 aromatic carbocycles. The summed E-state index contributed by atoms with van der Waals surface area (Å²) in [5, 5.41) is 0. The van der Waals surface area contributed by atoms with Crippen LogP contribution in [0.25, 0.3) is 0 Å². The number of hydrogen-bond donors (Lipinski definition) is 1. The number of nitrogens with zero attached hydrogens (tertiary/aromatic N) is 1. The van der Waals surface area contributed by atoms with Gasteiger partial charge in [-0.3, -0.25) is 4.79 Å². The minimum Gasteiger partial charge on any atom is -0.497 e. The first-order chi connectivity index (χ1) is 10.0. The zero-order valence-electron chi connectivity index (χ0n) is 12.0. The van der Waals surface area contributed by atoms with Crippen LogP contribution in [0.3, 0.4) is 0 Å². The van der Waals surface area contributed by atoms with Crippen LogP contribution in [0.15, 0.2) is 42.5 Å². The highest BCUT2D eigenvalue weighted by Gasteiger charge is 2.15. The van der Waals surface area contributed by atoms with Crippen LogP contribution in [0.5, 0.6) is 5.75 Å². The quantitative estimate of drug-likeness (QED) is 0.880. The maximum absolute atomic E-state index is 13.0. The largest absolute Gasteiger partial charge is 0.497 e. The monoisotopic (exact) mass is 288 g/mol. The van der Waals surface area contributed by atoms with Crippen molar-refractivity contribution in [3.63, 3.8) is 0 Å². The molecule has 2 rings (SSSR count). The average Bonchev–Trinajstić information content (AvgIpc) is 2.46. The molecule has 0 heterocycles. The van der Waals surface area contributed by atoms with E-state index in [-0.39, 0.29) is 11.6 Å². The first-order valence-corrected chi connectivity index (χ1v) is 6.44. The fourth-order valence-electron chi connectivity index (χ4n) is 2.05. The van der Waals surface area contributed by atoms with Crippen LogP contribution >= 0.6 is 0 Å². The lowest BCUT2D eigenvalue weighted by molar-refractivity contribution is 0.0786. The lowest BCUT2D eigenvalue weighted by Gasteiger charge is -2.18. The van der Waals surface area contributed by atoms with E-state index in [0.717, 1.165) is 17.4 Å². The molecule has 0 saturated heterocycles. The van der Waals surface area contributed by atoms with E-state index in [9.17, 15) is 9.18 Å². The second-order valence-corrected chi connectivity index (χ2v) is 4.74. The number of methoxy groups -OCH3 is 1. The van der Waals surface area contributed by atoms with Crippen molar-refractivity contribution in [3.05, 3.63) is 59.4 Å². The Hall–Kier alpha value is -2.56. The molecule has 0 radical (unpaired) electrons. The Morgan fingerprint density at radius 3 is 2.71 bits per heavy atom. The van der Waals surface area contributed by atoms with Gasteiger partial charge in [0.1, 0.15) is 11.6 Å². The molecule has 110 valence electrons. The maximum atomic E-state index is 13.0. The summed E-state index contributed by atoms with van der Waals surface area (Å²) in [5.74, 6) is 0.0180. The molecule has 0 saturated carbocycles. The van der Waals surface area contributed by atoms with Gasteiger partial charge in [0.15, 0.2) is 0 Å². The summed E-state index contributed by atoms with van der Waals surface area (Å²) in [7, 11) is 3.26. The van der Waals surface area contributed by atoms with Crippen molar-refractivity contribution in [1.29, 1.82) is 0 Å². The fraction of sp³-hybridized carbons (Fsp3) is 0.188. The molecule has 0 fully saturated rings. The highest BCUT2D eigenvalue weighted by atomic mass is 19.1. The molecule has 0 aliphatic heterocycles. The lowest BCUT2D eigenvalue weighted by Crippen LogP contribution is -2.27. The van der Waals surface area contributed by atoms with Crippen molar-refractivity contribution >= 4 is 11.6 Å². The van der Waals surface area contributed by atoms with Crippen molar-refractivity contribution < 1.29 is 13.9 Å². The third-order valence-corrected chi connectivity index (χ3v) is 3.14. The summed E-state index contributed by atoms with van der Waals surface area (Å²) >= 11 is 0. The Kier molecular flexibility index (Phi) is 4.42. The summed E-state index contributed by atoms with van der Waals surface area (Å²) < 4.78 is 18.2. The Labute approximate surface area is 122 Å². The molecule has 1 amide bonds. The van der Waals surface area contributed by atoms with E-state index in [4.69, 9.17) is 10.5 Å². The molecule has 0 bridgehead atoms. The molecule has 5 heteroatoms. The predicted molar refractivity (Wildman–Crippen MR) is 79.6 cm³/mol. The van der Waals surface area contributed by atoms with Crippen molar-refractivity contribution in [3.8, 4) is 5.75 Å². The molecular weight excluding hydrogens is 271 g/mol. The normalized spacial score (nSPS) is 10.2. The molecule has 2 aromatic rings. The number of anilines is 1. The van der Waals surface area contributed by atoms with Crippen molar-refractivity contribution in [2.24, 2.45) is 0 Å². The van der Waals surface area contributed by atoms with Crippen LogP contribution < -0.4 is 10.5 Å². The number of ether oxygens (including phenoxy) is 1. The van der Waals surface area contributed by atoms with E-state index in [0.29, 0.717) is 12.1 Å². The minimum atomic E-state index is -0.459. The number of hydrogen-bond acceptors (Lipinski definition) is 3. The van der Waals surface area contributed by atoms with Gasteiger partial charge >= 0.3 is 0 Å². The van der Waals surface area contributed by atoms with Crippen molar-refractivity contribution in [2.45, 2.75) is 6.54 Å². The predicted octanol–water partition coefficient (Wildman–Crippen LogP) is 2.69. The highest BCUT2D eigenvalue weighted by Crippen LogP contribution is 2.18. The van der Waals surface area contributed by atoms with Gasteiger partial charge in [-0.15, -0.1) is 0 Å². The Bertz CT molecular complexity index is 658. The van der Waals surface area contributed by atoms with E-state index in [1.54, 1.807) is 14.2 Å². The van der Waals surface area contributed by atoms with Crippen LogP contribution in [0, 0.1) is 5.82 Å². The number of nitrogens with two attached hydrogens (primary N) is 1. The first-order valence-electron chi connectivity index (χ1n) is 6.44. The molecule has 0 atom stereocenters. The van der Waals surface area contributed by atoms with Gasteiger partial charge in [-0.05, 0) is 35.9 Å². The van der Waals surface area contributed by atoms with Crippen LogP contribution in [-0.2, 0) is 6.54 Å². The molecular formula is C16H17FN2O2. The van der Waals surface area contributed by atoms with Gasteiger partial charge in [0.2, 0.25) is 0 Å². The van der Waals surface area contributed by atoms with Crippen LogP contribution in [0.1, 0.15) is 15.9 Å². The molecule has 0 aliphatic rings. The fourth-order valence-corrected chi connectivity index (χ4v) is 2.05. The number of carbonyl (C=O) groups is 1. The average molecular weight is 288 g/mol. The van der Waals surface area contributed by atoms with Crippen LogP contribution in [0.4, 0.5) is 10.1 Å². The summed E-state index contributed by atoms with van der Waals surface area (Å²) in [6.07, 6.45) is 0. The lowest BCUT2D eigenvalue weighted by atomic mass is 10.1. The maximum Gasteiger partial charge on any atom is 0.255 e. The zero-order chi connectivity index (χ0) is 15.4. The van der Waals surface area contributed by atoms with Crippen LogP contribution in [0.2, 0.25) is 0 Å². The zero-order valence-corrected chi connectivity index (χ0v) is 12.0. The summed E-state index contributed by atoms with van der Waals surface area (Å²) in [6.45, 7) is 0.410. The Morgan fingerprint density at radius 2 is 2.05 bits per heavy atom. The van der Waals surface area contributed by atoms with Gasteiger partial charge in [0.05, 0.1) is 12.7 Å². The molecule has 0 spiro atoms. The Balaban J connectivity index is 2.15. The number of halogens is 1. The number of rotatable bonds is 4. The topological polar surface area (TPSA) is 55.6 Å². The van der Waals surface area contributed by atoms with E-state index in [1.165, 1.54) is 17.0 Å². The highest BCUT2D eigenvalue weighted by molar-refractivity contribution is 5.98. The van der Waals surface area contributed by atoms with Gasteiger partial charge < -0.3 is 15.4 Å². The molecule has 21 heavy (non-hydrogen) atoms. The summed E-state index contributed by atoms with van der Waals surface area (Å²) in [6, 6.07) is 11.2. The smallest absolute Gasteiger partial charge is 0.255 e. The number of amides is 1. The SMILES string of the molecule is COc1cccc(CN(C)C(=O)c2ccc(F)cc2N)c1. The van der Waals surface area contributed by atoms with Gasteiger partial charge in [0.25, 0.3) is 5.91 Å². The standard InChI is InChI=1S/C16H17FN2O2/c1-19(10-11-4-3-5-13(8-11)21-2)16(20)14-7-6-12(17)9-15(14)18/h3-9H,10,18H2,1-2H3. The Morgan fingerprint density at radius 1 is 1.29 bits per heavy atom. The third-order valence-electron chi connectivity index (χ3n) is 3.14. The van der Waals surface area contributed by atoms with Gasteiger partial charge in [-0.1, -0.05) is 12.1 Å². The van der Waals surface area contributed by atoms with Gasteiger partial charge in [-0.2, -0.15) is 0 Å². The number of nitrogen functional groups attached to an aromatic ring is 1. The summed E-state index contributed by atoms with van der Waals surface area (Å²) in [4.78, 5) is 13.9. The molecule has 0 aromatic heterocycles. The second kappa shape index (κ2) is 6.26. The third kappa shape index (κ3) is 3.51. The molecule has 0 unspecified atom stereocenters. The molecule has 2 N–H and O–H groups in total. The molecule has 4 nitrogen and oxygen atoms in total. The number of carbonyl (C=O) groups excluding carboxylic acids is 1. The van der Waals surface area contributed by atoms with E-state index >= 15 is 0 Å². The van der Waals surface area contributed by atoms with Crippen LogP contribution in [-0.4, -0.2) is 25.0 Å². The van der Waals surface area contributed by atoms with E-state index in [2.05, 4.69) is 0 Å². The van der Waals surface area contributed by atoms with E-state index in [1.807, 2.05) is 24.3 Å². The second-order valence-electron chi connectivity index (χ2n) is 4.74. The summed E-state index contributed by atoms with van der Waals surface area (Å²) in [5.41, 5.74) is 7.06. The van der Waals surface area contributed by atoms with Crippen molar-refractivity contribution in [1.82, 2.24) is 4.90 Å². The van der Waals surface area contributed by atoms with E-state index < -0.39 is 5.82 Å². The van der Waals surface area contributed by atoms with Crippen molar-refractivity contribution in [2.75, 3.05) is 19.9 Å². The van der Waals surface area contributed by atoms with Gasteiger partial charge in [-0.25, -0.2) is 4.39 Å². The minimum absolute atomic E-state index is 0.137.